The topological polar surface area (TPSA) is 35.2 Å². The molecule has 0 aliphatic heterocycles. The minimum atomic E-state index is 0.199. The normalized spacial score (nSPS) is 20.3. The van der Waals surface area contributed by atoms with E-state index in [1.54, 1.807) is 0 Å². The summed E-state index contributed by atoms with van der Waals surface area (Å²) in [5.41, 5.74) is 8.80. The summed E-state index contributed by atoms with van der Waals surface area (Å²) in [5.74, 6) is 1.69. The molecule has 0 saturated heterocycles. The first kappa shape index (κ1) is 13.4. The van der Waals surface area contributed by atoms with E-state index >= 15 is 0 Å². The SMILES string of the molecule is CCCC(C)COc1cccc2c1CCCC2N. The molecule has 2 N–H and O–H groups in total. The second-order valence-corrected chi connectivity index (χ2v) is 5.53. The lowest BCUT2D eigenvalue weighted by molar-refractivity contribution is 0.248. The lowest BCUT2D eigenvalue weighted by atomic mass is 9.87. The molecule has 100 valence electrons. The molecule has 1 aliphatic carbocycles. The average molecular weight is 247 g/mol. The fourth-order valence-electron chi connectivity index (χ4n) is 2.80. The zero-order valence-electron chi connectivity index (χ0n) is 11.6. The first-order valence-corrected chi connectivity index (χ1v) is 7.22. The zero-order chi connectivity index (χ0) is 13.0. The van der Waals surface area contributed by atoms with Crippen LogP contribution in [-0.4, -0.2) is 6.61 Å². The molecule has 2 unspecified atom stereocenters. The molecule has 0 saturated carbocycles. The Balaban J connectivity index is 2.07. The van der Waals surface area contributed by atoms with Crippen LogP contribution in [0.1, 0.15) is 56.7 Å². The van der Waals surface area contributed by atoms with E-state index in [2.05, 4.69) is 32.0 Å². The van der Waals surface area contributed by atoms with Gasteiger partial charge in [0, 0.05) is 6.04 Å². The van der Waals surface area contributed by atoms with Gasteiger partial charge < -0.3 is 10.5 Å². The van der Waals surface area contributed by atoms with Crippen molar-refractivity contribution >= 4 is 0 Å². The van der Waals surface area contributed by atoms with Crippen LogP contribution in [0.5, 0.6) is 5.75 Å². The third-order valence-corrected chi connectivity index (χ3v) is 3.82. The fourth-order valence-corrected chi connectivity index (χ4v) is 2.80. The maximum atomic E-state index is 6.16. The molecular weight excluding hydrogens is 222 g/mol. The molecule has 0 heterocycles. The summed E-state index contributed by atoms with van der Waals surface area (Å²) >= 11 is 0. The van der Waals surface area contributed by atoms with Crippen molar-refractivity contribution in [2.45, 2.75) is 52.0 Å². The summed E-state index contributed by atoms with van der Waals surface area (Å²) in [4.78, 5) is 0. The summed E-state index contributed by atoms with van der Waals surface area (Å²) in [6.07, 6.45) is 5.85. The van der Waals surface area contributed by atoms with E-state index in [0.717, 1.165) is 25.2 Å². The Kier molecular flexibility index (Phi) is 4.65. The summed E-state index contributed by atoms with van der Waals surface area (Å²) < 4.78 is 6.01. The van der Waals surface area contributed by atoms with Gasteiger partial charge in [0.05, 0.1) is 6.61 Å². The molecule has 1 aromatic carbocycles. The van der Waals surface area contributed by atoms with E-state index in [1.807, 2.05) is 0 Å². The van der Waals surface area contributed by atoms with Crippen molar-refractivity contribution in [2.75, 3.05) is 6.61 Å². The smallest absolute Gasteiger partial charge is 0.122 e. The van der Waals surface area contributed by atoms with Gasteiger partial charge in [0.2, 0.25) is 0 Å². The van der Waals surface area contributed by atoms with E-state index in [1.165, 1.54) is 30.4 Å². The van der Waals surface area contributed by atoms with Gasteiger partial charge in [-0.2, -0.15) is 0 Å². The Morgan fingerprint density at radius 3 is 3.06 bits per heavy atom. The minimum Gasteiger partial charge on any atom is -0.493 e. The predicted molar refractivity (Wildman–Crippen MR) is 75.9 cm³/mol. The van der Waals surface area contributed by atoms with Crippen molar-refractivity contribution in [3.63, 3.8) is 0 Å². The Morgan fingerprint density at radius 2 is 2.28 bits per heavy atom. The lowest BCUT2D eigenvalue weighted by Gasteiger charge is -2.25. The van der Waals surface area contributed by atoms with Crippen LogP contribution in [0.15, 0.2) is 18.2 Å². The van der Waals surface area contributed by atoms with Crippen molar-refractivity contribution in [1.82, 2.24) is 0 Å². The van der Waals surface area contributed by atoms with Crippen LogP contribution in [0.3, 0.4) is 0 Å². The number of benzene rings is 1. The summed E-state index contributed by atoms with van der Waals surface area (Å²) in [7, 11) is 0. The molecule has 0 bridgehead atoms. The van der Waals surface area contributed by atoms with Gasteiger partial charge in [-0.1, -0.05) is 32.4 Å². The highest BCUT2D eigenvalue weighted by Gasteiger charge is 2.19. The third kappa shape index (κ3) is 3.05. The maximum Gasteiger partial charge on any atom is 0.122 e. The van der Waals surface area contributed by atoms with Crippen LogP contribution in [0.4, 0.5) is 0 Å². The van der Waals surface area contributed by atoms with Crippen LogP contribution in [0.25, 0.3) is 0 Å². The Morgan fingerprint density at radius 1 is 1.44 bits per heavy atom. The summed E-state index contributed by atoms with van der Waals surface area (Å²) in [6, 6.07) is 6.52. The summed E-state index contributed by atoms with van der Waals surface area (Å²) in [5, 5.41) is 0. The molecule has 0 fully saturated rings. The van der Waals surface area contributed by atoms with Gasteiger partial charge in [-0.3, -0.25) is 0 Å². The zero-order valence-corrected chi connectivity index (χ0v) is 11.6. The minimum absolute atomic E-state index is 0.199. The molecular formula is C16H25NO. The molecule has 0 spiro atoms. The monoisotopic (exact) mass is 247 g/mol. The highest BCUT2D eigenvalue weighted by molar-refractivity contribution is 5.43. The van der Waals surface area contributed by atoms with Gasteiger partial charge in [-0.15, -0.1) is 0 Å². The number of hydrogen-bond acceptors (Lipinski definition) is 2. The number of nitrogens with two attached hydrogens (primary N) is 1. The highest BCUT2D eigenvalue weighted by Crippen LogP contribution is 2.34. The fraction of sp³-hybridized carbons (Fsp3) is 0.625. The van der Waals surface area contributed by atoms with Crippen molar-refractivity contribution in [3.05, 3.63) is 29.3 Å². The van der Waals surface area contributed by atoms with E-state index in [9.17, 15) is 0 Å². The molecule has 0 amide bonds. The van der Waals surface area contributed by atoms with Gasteiger partial charge in [0.1, 0.15) is 5.75 Å². The standard InChI is InChI=1S/C16H25NO/c1-3-6-12(2)11-18-16-10-5-7-13-14(16)8-4-9-15(13)17/h5,7,10,12,15H,3-4,6,8-9,11,17H2,1-2H3. The van der Waals surface area contributed by atoms with Crippen molar-refractivity contribution in [2.24, 2.45) is 11.7 Å². The molecule has 2 heteroatoms. The van der Waals surface area contributed by atoms with Gasteiger partial charge in [-0.05, 0) is 48.8 Å². The molecule has 1 aliphatic rings. The molecule has 2 rings (SSSR count). The van der Waals surface area contributed by atoms with E-state index in [0.29, 0.717) is 5.92 Å². The first-order valence-electron chi connectivity index (χ1n) is 7.22. The molecule has 0 aromatic heterocycles. The maximum absolute atomic E-state index is 6.16. The van der Waals surface area contributed by atoms with Crippen LogP contribution in [0, 0.1) is 5.92 Å². The van der Waals surface area contributed by atoms with Crippen LogP contribution < -0.4 is 10.5 Å². The van der Waals surface area contributed by atoms with E-state index < -0.39 is 0 Å². The molecule has 0 radical (unpaired) electrons. The second-order valence-electron chi connectivity index (χ2n) is 5.53. The second kappa shape index (κ2) is 6.24. The van der Waals surface area contributed by atoms with Gasteiger partial charge in [0.15, 0.2) is 0 Å². The van der Waals surface area contributed by atoms with Gasteiger partial charge in [-0.25, -0.2) is 0 Å². The summed E-state index contributed by atoms with van der Waals surface area (Å²) in [6.45, 7) is 5.30. The van der Waals surface area contributed by atoms with Crippen molar-refractivity contribution in [1.29, 1.82) is 0 Å². The Labute approximate surface area is 111 Å². The molecule has 2 atom stereocenters. The van der Waals surface area contributed by atoms with Crippen LogP contribution in [-0.2, 0) is 6.42 Å². The van der Waals surface area contributed by atoms with E-state index in [-0.39, 0.29) is 6.04 Å². The van der Waals surface area contributed by atoms with Crippen LogP contribution >= 0.6 is 0 Å². The number of fused-ring (bicyclic) bond motifs is 1. The molecule has 2 nitrogen and oxygen atoms in total. The van der Waals surface area contributed by atoms with E-state index in [4.69, 9.17) is 10.5 Å². The number of ether oxygens (including phenoxy) is 1. The molecule has 18 heavy (non-hydrogen) atoms. The lowest BCUT2D eigenvalue weighted by Crippen LogP contribution is -2.18. The average Bonchev–Trinajstić information content (AvgIpc) is 2.37. The number of hydrogen-bond donors (Lipinski definition) is 1. The highest BCUT2D eigenvalue weighted by atomic mass is 16.5. The first-order chi connectivity index (χ1) is 8.72. The predicted octanol–water partition coefficient (Wildman–Crippen LogP) is 3.84. The molecule has 1 aromatic rings. The van der Waals surface area contributed by atoms with Gasteiger partial charge >= 0.3 is 0 Å². The van der Waals surface area contributed by atoms with Crippen LogP contribution in [0.2, 0.25) is 0 Å². The Bertz CT molecular complexity index is 389. The Hall–Kier alpha value is -1.02. The van der Waals surface area contributed by atoms with Gasteiger partial charge in [0.25, 0.3) is 0 Å². The van der Waals surface area contributed by atoms with Crippen molar-refractivity contribution < 1.29 is 4.74 Å². The quantitative estimate of drug-likeness (QED) is 0.858. The third-order valence-electron chi connectivity index (χ3n) is 3.82. The number of rotatable bonds is 5. The largest absolute Gasteiger partial charge is 0.493 e. The van der Waals surface area contributed by atoms with Crippen molar-refractivity contribution in [3.8, 4) is 5.75 Å².